The van der Waals surface area contributed by atoms with E-state index in [2.05, 4.69) is 38.4 Å². The first-order valence-electron chi connectivity index (χ1n) is 4.52. The van der Waals surface area contributed by atoms with E-state index in [1.165, 1.54) is 11.3 Å². The number of thioether (sulfide) groups is 1. The van der Waals surface area contributed by atoms with E-state index < -0.39 is 0 Å². The van der Waals surface area contributed by atoms with Crippen LogP contribution < -0.4 is 5.32 Å². The van der Waals surface area contributed by atoms with Crippen molar-refractivity contribution in [3.8, 4) is 0 Å². The van der Waals surface area contributed by atoms with E-state index in [1.54, 1.807) is 0 Å². The van der Waals surface area contributed by atoms with Gasteiger partial charge in [-0.1, -0.05) is 11.6 Å². The molecule has 12 heavy (non-hydrogen) atoms. The van der Waals surface area contributed by atoms with Crippen LogP contribution in [0, 0.1) is 0 Å². The van der Waals surface area contributed by atoms with Crippen LogP contribution in [-0.4, -0.2) is 24.6 Å². The molecule has 0 fully saturated rings. The Balaban J connectivity index is 3.25. The van der Waals surface area contributed by atoms with Gasteiger partial charge >= 0.3 is 0 Å². The third-order valence-electron chi connectivity index (χ3n) is 1.61. The van der Waals surface area contributed by atoms with Gasteiger partial charge in [0, 0.05) is 11.8 Å². The highest BCUT2D eigenvalue weighted by atomic mass is 32.2. The molecule has 72 valence electrons. The predicted molar refractivity (Wildman–Crippen MR) is 59.9 cm³/mol. The van der Waals surface area contributed by atoms with Gasteiger partial charge in [0.05, 0.1) is 0 Å². The molecule has 0 rings (SSSR count). The molecule has 0 aliphatic heterocycles. The summed E-state index contributed by atoms with van der Waals surface area (Å²) in [4.78, 5) is 0. The summed E-state index contributed by atoms with van der Waals surface area (Å²) in [7, 11) is 0. The quantitative estimate of drug-likeness (QED) is 0.507. The van der Waals surface area contributed by atoms with Gasteiger partial charge in [0.1, 0.15) is 0 Å². The van der Waals surface area contributed by atoms with E-state index in [1.807, 2.05) is 11.8 Å². The molecule has 0 aromatic carbocycles. The molecule has 2 heteroatoms. The molecule has 1 unspecified atom stereocenters. The third kappa shape index (κ3) is 8.15. The van der Waals surface area contributed by atoms with Crippen LogP contribution in [0.3, 0.4) is 0 Å². The Labute approximate surface area is 81.0 Å². The van der Waals surface area contributed by atoms with Crippen molar-refractivity contribution >= 4 is 11.8 Å². The van der Waals surface area contributed by atoms with Crippen LogP contribution in [0.25, 0.3) is 0 Å². The molecule has 0 radical (unpaired) electrons. The smallest absolute Gasteiger partial charge is 0.0129 e. The van der Waals surface area contributed by atoms with Gasteiger partial charge < -0.3 is 5.32 Å². The Bertz CT molecular complexity index is 128. The van der Waals surface area contributed by atoms with Crippen LogP contribution in [0.1, 0.15) is 27.2 Å². The lowest BCUT2D eigenvalue weighted by Crippen LogP contribution is -2.28. The van der Waals surface area contributed by atoms with Crippen molar-refractivity contribution in [2.75, 3.05) is 18.6 Å². The van der Waals surface area contributed by atoms with E-state index in [-0.39, 0.29) is 0 Å². The molecular formula is C10H21NS. The summed E-state index contributed by atoms with van der Waals surface area (Å²) >= 11 is 1.90. The molecule has 1 atom stereocenters. The molecule has 0 aromatic rings. The summed E-state index contributed by atoms with van der Waals surface area (Å²) in [6.07, 6.45) is 5.58. The fourth-order valence-corrected chi connectivity index (χ4v) is 1.62. The zero-order chi connectivity index (χ0) is 9.40. The van der Waals surface area contributed by atoms with Gasteiger partial charge in [0.15, 0.2) is 0 Å². The molecule has 0 aromatic heterocycles. The van der Waals surface area contributed by atoms with Gasteiger partial charge in [-0.3, -0.25) is 0 Å². The first-order valence-corrected chi connectivity index (χ1v) is 5.92. The Morgan fingerprint density at radius 2 is 2.17 bits per heavy atom. The first-order chi connectivity index (χ1) is 5.66. The molecule has 0 heterocycles. The van der Waals surface area contributed by atoms with Crippen molar-refractivity contribution < 1.29 is 0 Å². The van der Waals surface area contributed by atoms with Crippen molar-refractivity contribution in [1.82, 2.24) is 5.32 Å². The van der Waals surface area contributed by atoms with Gasteiger partial charge in [-0.15, -0.1) is 0 Å². The average molecular weight is 187 g/mol. The second-order valence-corrected chi connectivity index (χ2v) is 4.29. The number of hydrogen-bond acceptors (Lipinski definition) is 2. The zero-order valence-electron chi connectivity index (χ0n) is 8.68. The topological polar surface area (TPSA) is 12.0 Å². The molecule has 0 aliphatic carbocycles. The Morgan fingerprint density at radius 1 is 1.50 bits per heavy atom. The van der Waals surface area contributed by atoms with Gasteiger partial charge in [-0.2, -0.15) is 11.8 Å². The molecule has 1 N–H and O–H groups in total. The summed E-state index contributed by atoms with van der Waals surface area (Å²) in [6.45, 7) is 7.63. The molecule has 0 saturated heterocycles. The van der Waals surface area contributed by atoms with Crippen LogP contribution in [0.4, 0.5) is 0 Å². The summed E-state index contributed by atoms with van der Waals surface area (Å²) in [5.74, 6) is 1.20. The van der Waals surface area contributed by atoms with E-state index in [0.29, 0.717) is 6.04 Å². The minimum atomic E-state index is 0.644. The monoisotopic (exact) mass is 187 g/mol. The maximum absolute atomic E-state index is 3.47. The SMILES string of the molecule is CSCC(C)NCCC=C(C)C. The maximum Gasteiger partial charge on any atom is 0.0129 e. The van der Waals surface area contributed by atoms with E-state index >= 15 is 0 Å². The van der Waals surface area contributed by atoms with Crippen LogP contribution >= 0.6 is 11.8 Å². The van der Waals surface area contributed by atoms with Crippen molar-refractivity contribution in [2.45, 2.75) is 33.2 Å². The van der Waals surface area contributed by atoms with Crippen molar-refractivity contribution in [1.29, 1.82) is 0 Å². The standard InChI is InChI=1S/C10H21NS/c1-9(2)6-5-7-11-10(3)8-12-4/h6,10-11H,5,7-8H2,1-4H3. The van der Waals surface area contributed by atoms with E-state index in [0.717, 1.165) is 13.0 Å². The predicted octanol–water partition coefficient (Wildman–Crippen LogP) is 2.68. The Hall–Kier alpha value is 0.0500. The van der Waals surface area contributed by atoms with Crippen LogP contribution in [0.5, 0.6) is 0 Å². The van der Waals surface area contributed by atoms with Crippen LogP contribution in [0.15, 0.2) is 11.6 Å². The molecule has 0 bridgehead atoms. The Kier molecular flexibility index (Phi) is 7.72. The molecular weight excluding hydrogens is 166 g/mol. The number of rotatable bonds is 6. The molecule has 1 nitrogen and oxygen atoms in total. The van der Waals surface area contributed by atoms with Gasteiger partial charge in [0.2, 0.25) is 0 Å². The van der Waals surface area contributed by atoms with Crippen molar-refractivity contribution in [3.05, 3.63) is 11.6 Å². The highest BCUT2D eigenvalue weighted by Crippen LogP contribution is 1.96. The van der Waals surface area contributed by atoms with E-state index in [4.69, 9.17) is 0 Å². The second kappa shape index (κ2) is 7.69. The highest BCUT2D eigenvalue weighted by Gasteiger charge is 1.96. The molecule has 0 aliphatic rings. The fourth-order valence-electron chi connectivity index (χ4n) is 1.000. The summed E-state index contributed by atoms with van der Waals surface area (Å²) in [5.41, 5.74) is 1.41. The number of nitrogens with one attached hydrogen (secondary N) is 1. The highest BCUT2D eigenvalue weighted by molar-refractivity contribution is 7.98. The van der Waals surface area contributed by atoms with Crippen LogP contribution in [0.2, 0.25) is 0 Å². The van der Waals surface area contributed by atoms with Crippen molar-refractivity contribution in [3.63, 3.8) is 0 Å². The number of hydrogen-bond donors (Lipinski definition) is 1. The maximum atomic E-state index is 3.47. The van der Waals surface area contributed by atoms with Crippen LogP contribution in [-0.2, 0) is 0 Å². The normalized spacial score (nSPS) is 12.7. The third-order valence-corrected chi connectivity index (χ3v) is 2.44. The fraction of sp³-hybridized carbons (Fsp3) is 0.800. The lowest BCUT2D eigenvalue weighted by Gasteiger charge is -2.10. The lowest BCUT2D eigenvalue weighted by molar-refractivity contribution is 0.601. The second-order valence-electron chi connectivity index (χ2n) is 3.38. The minimum Gasteiger partial charge on any atom is -0.313 e. The molecule has 0 spiro atoms. The molecule has 0 amide bonds. The lowest BCUT2D eigenvalue weighted by atomic mass is 10.2. The largest absolute Gasteiger partial charge is 0.313 e. The average Bonchev–Trinajstić information content (AvgIpc) is 1.98. The first kappa shape index (κ1) is 12.0. The van der Waals surface area contributed by atoms with Gasteiger partial charge in [0.25, 0.3) is 0 Å². The summed E-state index contributed by atoms with van der Waals surface area (Å²) in [5, 5.41) is 3.47. The zero-order valence-corrected chi connectivity index (χ0v) is 9.50. The summed E-state index contributed by atoms with van der Waals surface area (Å²) < 4.78 is 0. The minimum absolute atomic E-state index is 0.644. The van der Waals surface area contributed by atoms with Crippen molar-refractivity contribution in [2.24, 2.45) is 0 Å². The number of allylic oxidation sites excluding steroid dienone is 1. The Morgan fingerprint density at radius 3 is 2.67 bits per heavy atom. The summed E-state index contributed by atoms with van der Waals surface area (Å²) in [6, 6.07) is 0.644. The molecule has 0 saturated carbocycles. The van der Waals surface area contributed by atoms with Gasteiger partial charge in [-0.25, -0.2) is 0 Å². The van der Waals surface area contributed by atoms with E-state index in [9.17, 15) is 0 Å². The van der Waals surface area contributed by atoms with Gasteiger partial charge in [-0.05, 0) is 40.0 Å².